The Bertz CT molecular complexity index is 443. The van der Waals surface area contributed by atoms with Crippen molar-refractivity contribution in [3.8, 4) is 0 Å². The van der Waals surface area contributed by atoms with Gasteiger partial charge in [0.05, 0.1) is 6.61 Å². The van der Waals surface area contributed by atoms with Crippen molar-refractivity contribution in [2.45, 2.75) is 6.42 Å². The molecule has 0 heterocycles. The zero-order valence-corrected chi connectivity index (χ0v) is 14.3. The molecule has 0 saturated heterocycles. The molecular formula is C14H21BrN2O2S. The first-order chi connectivity index (χ1) is 9.60. The van der Waals surface area contributed by atoms with Gasteiger partial charge in [-0.1, -0.05) is 28.1 Å². The number of thiocarbonyl (C=S) groups is 1. The first-order valence-corrected chi connectivity index (χ1v) is 7.62. The number of anilines is 1. The summed E-state index contributed by atoms with van der Waals surface area (Å²) < 4.78 is 11.3. The van der Waals surface area contributed by atoms with Crippen LogP contribution in [0.25, 0.3) is 0 Å². The number of nitrogens with two attached hydrogens (primary N) is 1. The molecule has 4 nitrogen and oxygen atoms in total. The highest BCUT2D eigenvalue weighted by molar-refractivity contribution is 9.10. The van der Waals surface area contributed by atoms with Gasteiger partial charge >= 0.3 is 0 Å². The van der Waals surface area contributed by atoms with Crippen molar-refractivity contribution >= 4 is 38.8 Å². The molecule has 0 aliphatic heterocycles. The van der Waals surface area contributed by atoms with Gasteiger partial charge in [-0.15, -0.1) is 0 Å². The van der Waals surface area contributed by atoms with Gasteiger partial charge < -0.3 is 20.1 Å². The fourth-order valence-electron chi connectivity index (χ4n) is 1.94. The maximum atomic E-state index is 5.83. The predicted octanol–water partition coefficient (Wildman–Crippen LogP) is 2.57. The molecule has 112 valence electrons. The van der Waals surface area contributed by atoms with Gasteiger partial charge in [0.2, 0.25) is 0 Å². The van der Waals surface area contributed by atoms with Crippen LogP contribution in [-0.2, 0) is 9.47 Å². The quantitative estimate of drug-likeness (QED) is 0.541. The summed E-state index contributed by atoms with van der Waals surface area (Å²) in [5, 5.41) is 0. The minimum Gasteiger partial charge on any atom is -0.389 e. The zero-order chi connectivity index (χ0) is 15.0. The van der Waals surface area contributed by atoms with Crippen molar-refractivity contribution in [2.24, 2.45) is 5.73 Å². The molecule has 6 heteroatoms. The lowest BCUT2D eigenvalue weighted by Crippen LogP contribution is -2.31. The van der Waals surface area contributed by atoms with E-state index >= 15 is 0 Å². The van der Waals surface area contributed by atoms with Crippen LogP contribution >= 0.6 is 28.1 Å². The van der Waals surface area contributed by atoms with E-state index in [0.29, 0.717) is 11.6 Å². The van der Waals surface area contributed by atoms with E-state index < -0.39 is 0 Å². The number of hydrogen-bond donors (Lipinski definition) is 1. The van der Waals surface area contributed by atoms with Crippen molar-refractivity contribution in [2.75, 3.05) is 45.4 Å². The summed E-state index contributed by atoms with van der Waals surface area (Å²) in [6.07, 6.45) is 0.938. The van der Waals surface area contributed by atoms with Crippen molar-refractivity contribution in [3.05, 3.63) is 28.2 Å². The van der Waals surface area contributed by atoms with Crippen LogP contribution in [0.3, 0.4) is 0 Å². The van der Waals surface area contributed by atoms with E-state index in [-0.39, 0.29) is 0 Å². The molecule has 0 aliphatic carbocycles. The predicted molar refractivity (Wildman–Crippen MR) is 90.6 cm³/mol. The van der Waals surface area contributed by atoms with Crippen molar-refractivity contribution in [1.82, 2.24) is 0 Å². The van der Waals surface area contributed by atoms with Crippen LogP contribution in [0.4, 0.5) is 5.69 Å². The molecule has 0 spiro atoms. The molecule has 0 amide bonds. The Morgan fingerprint density at radius 1 is 1.25 bits per heavy atom. The Morgan fingerprint density at radius 3 is 2.55 bits per heavy atom. The van der Waals surface area contributed by atoms with Crippen LogP contribution in [0.1, 0.15) is 12.0 Å². The molecule has 0 aliphatic rings. The van der Waals surface area contributed by atoms with E-state index in [0.717, 1.165) is 41.8 Å². The second-order valence-electron chi connectivity index (χ2n) is 4.35. The summed E-state index contributed by atoms with van der Waals surface area (Å²) >= 11 is 8.60. The molecule has 1 rings (SSSR count). The third kappa shape index (κ3) is 5.36. The third-order valence-electron chi connectivity index (χ3n) is 2.91. The number of rotatable bonds is 9. The Balaban J connectivity index is 2.95. The minimum atomic E-state index is 0.399. The van der Waals surface area contributed by atoms with Crippen molar-refractivity contribution < 1.29 is 9.47 Å². The summed E-state index contributed by atoms with van der Waals surface area (Å²) in [4.78, 5) is 2.62. The summed E-state index contributed by atoms with van der Waals surface area (Å²) in [7, 11) is 3.41. The summed E-state index contributed by atoms with van der Waals surface area (Å²) in [6, 6.07) is 5.97. The number of methoxy groups -OCH3 is 2. The van der Waals surface area contributed by atoms with Crippen LogP contribution in [0.15, 0.2) is 22.7 Å². The largest absolute Gasteiger partial charge is 0.389 e. The standard InChI is InChI=1S/C14H21BrN2O2S/c1-18-8-3-6-17(7-9-19-2)13-5-4-11(15)10-12(13)14(16)20/h4-5,10H,3,6-9H2,1-2H3,(H2,16,20). The SMILES string of the molecule is COCCCN(CCOC)c1ccc(Br)cc1C(N)=S. The van der Waals surface area contributed by atoms with E-state index in [1.54, 1.807) is 14.2 Å². The number of nitrogens with zero attached hydrogens (tertiary/aromatic N) is 1. The Morgan fingerprint density at radius 2 is 1.95 bits per heavy atom. The Labute approximate surface area is 134 Å². The first-order valence-electron chi connectivity index (χ1n) is 6.42. The number of halogens is 1. The van der Waals surface area contributed by atoms with Crippen LogP contribution in [0, 0.1) is 0 Å². The molecule has 1 aromatic rings. The Kier molecular flexibility index (Phi) is 8.06. The lowest BCUT2D eigenvalue weighted by Gasteiger charge is -2.27. The highest BCUT2D eigenvalue weighted by Gasteiger charge is 2.13. The smallest absolute Gasteiger partial charge is 0.106 e. The average Bonchev–Trinajstić information content (AvgIpc) is 2.43. The molecular weight excluding hydrogens is 340 g/mol. The maximum absolute atomic E-state index is 5.83. The van der Waals surface area contributed by atoms with Gasteiger partial charge in [0, 0.05) is 49.6 Å². The fourth-order valence-corrected chi connectivity index (χ4v) is 2.46. The second-order valence-corrected chi connectivity index (χ2v) is 5.71. The molecule has 20 heavy (non-hydrogen) atoms. The van der Waals surface area contributed by atoms with Crippen LogP contribution < -0.4 is 10.6 Å². The maximum Gasteiger partial charge on any atom is 0.106 e. The average molecular weight is 361 g/mol. The topological polar surface area (TPSA) is 47.7 Å². The van der Waals surface area contributed by atoms with Gasteiger partial charge in [-0.05, 0) is 24.6 Å². The summed E-state index contributed by atoms with van der Waals surface area (Å²) in [6.45, 7) is 3.04. The molecule has 0 atom stereocenters. The lowest BCUT2D eigenvalue weighted by atomic mass is 10.1. The first kappa shape index (κ1) is 17.4. The van der Waals surface area contributed by atoms with Gasteiger partial charge in [0.15, 0.2) is 0 Å². The van der Waals surface area contributed by atoms with E-state index in [4.69, 9.17) is 27.4 Å². The molecule has 0 saturated carbocycles. The van der Waals surface area contributed by atoms with Gasteiger partial charge in [-0.25, -0.2) is 0 Å². The van der Waals surface area contributed by atoms with Crippen molar-refractivity contribution in [3.63, 3.8) is 0 Å². The highest BCUT2D eigenvalue weighted by Crippen LogP contribution is 2.25. The van der Waals surface area contributed by atoms with Gasteiger partial charge in [0.25, 0.3) is 0 Å². The van der Waals surface area contributed by atoms with Crippen LogP contribution in [-0.4, -0.2) is 45.5 Å². The van der Waals surface area contributed by atoms with E-state index in [2.05, 4.69) is 20.8 Å². The van der Waals surface area contributed by atoms with E-state index in [9.17, 15) is 0 Å². The molecule has 0 unspecified atom stereocenters. The van der Waals surface area contributed by atoms with Crippen LogP contribution in [0.5, 0.6) is 0 Å². The normalized spacial score (nSPS) is 10.6. The van der Waals surface area contributed by atoms with Gasteiger partial charge in [0.1, 0.15) is 4.99 Å². The minimum absolute atomic E-state index is 0.399. The highest BCUT2D eigenvalue weighted by atomic mass is 79.9. The molecule has 2 N–H and O–H groups in total. The van der Waals surface area contributed by atoms with Crippen molar-refractivity contribution in [1.29, 1.82) is 0 Å². The van der Waals surface area contributed by atoms with Gasteiger partial charge in [-0.2, -0.15) is 0 Å². The number of hydrogen-bond acceptors (Lipinski definition) is 4. The van der Waals surface area contributed by atoms with Gasteiger partial charge in [-0.3, -0.25) is 0 Å². The summed E-state index contributed by atoms with van der Waals surface area (Å²) in [5.41, 5.74) is 7.75. The molecule has 0 aromatic heterocycles. The Hall–Kier alpha value is -0.690. The third-order valence-corrected chi connectivity index (χ3v) is 3.62. The van der Waals surface area contributed by atoms with E-state index in [1.165, 1.54) is 0 Å². The number of benzene rings is 1. The number of ether oxygens (including phenoxy) is 2. The molecule has 0 radical (unpaired) electrons. The monoisotopic (exact) mass is 360 g/mol. The summed E-state index contributed by atoms with van der Waals surface area (Å²) in [5.74, 6) is 0. The molecule has 1 aromatic carbocycles. The molecule has 0 bridgehead atoms. The fraction of sp³-hybridized carbons (Fsp3) is 0.500. The zero-order valence-electron chi connectivity index (χ0n) is 11.9. The second kappa shape index (κ2) is 9.28. The van der Waals surface area contributed by atoms with Crippen LogP contribution in [0.2, 0.25) is 0 Å². The lowest BCUT2D eigenvalue weighted by molar-refractivity contribution is 0.191. The van der Waals surface area contributed by atoms with E-state index in [1.807, 2.05) is 18.2 Å². The molecule has 0 fully saturated rings.